The average molecular weight is 275 g/mol. The zero-order valence-electron chi connectivity index (χ0n) is 11.4. The second-order valence-electron chi connectivity index (χ2n) is 4.50. The highest BCUT2D eigenvalue weighted by molar-refractivity contribution is 5.30. The van der Waals surface area contributed by atoms with Gasteiger partial charge in [-0.3, -0.25) is 0 Å². The lowest BCUT2D eigenvalue weighted by Gasteiger charge is -2.09. The van der Waals surface area contributed by atoms with Gasteiger partial charge in [0, 0.05) is 6.54 Å². The first-order chi connectivity index (χ1) is 9.69. The Morgan fingerprint density at radius 2 is 1.80 bits per heavy atom. The third kappa shape index (κ3) is 3.96. The third-order valence-corrected chi connectivity index (χ3v) is 2.91. The highest BCUT2D eigenvalue weighted by atomic mass is 19.1. The fraction of sp³-hybridized carbons (Fsp3) is 0.250. The Morgan fingerprint density at radius 3 is 2.45 bits per heavy atom. The highest BCUT2D eigenvalue weighted by Crippen LogP contribution is 2.20. The second kappa shape index (κ2) is 6.91. The fourth-order valence-electron chi connectivity index (χ4n) is 1.79. The Bertz CT molecular complexity index is 555. The van der Waals surface area contributed by atoms with Gasteiger partial charge in [-0.25, -0.2) is 4.39 Å². The van der Waals surface area contributed by atoms with Crippen molar-refractivity contribution in [3.63, 3.8) is 0 Å². The molecule has 0 atom stereocenters. The number of rotatable bonds is 6. The maximum Gasteiger partial charge on any atom is 0.165 e. The summed E-state index contributed by atoms with van der Waals surface area (Å²) in [5.41, 5.74) is 1.76. The van der Waals surface area contributed by atoms with Crippen LogP contribution in [-0.4, -0.2) is 11.7 Å². The number of hydrogen-bond donors (Lipinski definition) is 2. The minimum atomic E-state index is -0.362. The molecule has 20 heavy (non-hydrogen) atoms. The Morgan fingerprint density at radius 1 is 1.10 bits per heavy atom. The number of nitrogens with one attached hydrogen (secondary N) is 1. The van der Waals surface area contributed by atoms with E-state index in [4.69, 9.17) is 4.74 Å². The molecule has 2 rings (SSSR count). The maximum atomic E-state index is 13.9. The van der Waals surface area contributed by atoms with Gasteiger partial charge in [-0.2, -0.15) is 0 Å². The van der Waals surface area contributed by atoms with Crippen molar-refractivity contribution in [2.75, 3.05) is 6.54 Å². The minimum absolute atomic E-state index is 0.202. The van der Waals surface area contributed by atoms with E-state index in [9.17, 15) is 9.50 Å². The highest BCUT2D eigenvalue weighted by Gasteiger charge is 2.05. The SMILES string of the molecule is CCNCc1ccc(OCc2ccc(O)cc2)c(F)c1. The molecule has 0 heterocycles. The molecule has 106 valence electrons. The first-order valence-electron chi connectivity index (χ1n) is 6.59. The molecule has 0 amide bonds. The van der Waals surface area contributed by atoms with Crippen LogP contribution >= 0.6 is 0 Å². The van der Waals surface area contributed by atoms with Crippen LogP contribution in [0.15, 0.2) is 42.5 Å². The van der Waals surface area contributed by atoms with Crippen LogP contribution in [0.4, 0.5) is 4.39 Å². The average Bonchev–Trinajstić information content (AvgIpc) is 2.46. The normalized spacial score (nSPS) is 10.5. The maximum absolute atomic E-state index is 13.9. The molecule has 0 saturated heterocycles. The van der Waals surface area contributed by atoms with Crippen LogP contribution in [0.2, 0.25) is 0 Å². The molecule has 2 N–H and O–H groups in total. The van der Waals surface area contributed by atoms with Gasteiger partial charge in [0.2, 0.25) is 0 Å². The van der Waals surface area contributed by atoms with Crippen LogP contribution < -0.4 is 10.1 Å². The summed E-state index contributed by atoms with van der Waals surface area (Å²) < 4.78 is 19.3. The fourth-order valence-corrected chi connectivity index (χ4v) is 1.79. The molecule has 2 aromatic rings. The lowest BCUT2D eigenvalue weighted by atomic mass is 10.2. The van der Waals surface area contributed by atoms with E-state index < -0.39 is 0 Å². The first-order valence-corrected chi connectivity index (χ1v) is 6.59. The molecule has 4 heteroatoms. The van der Waals surface area contributed by atoms with Gasteiger partial charge in [0.05, 0.1) is 0 Å². The molecule has 0 aromatic heterocycles. The predicted molar refractivity (Wildman–Crippen MR) is 76.2 cm³/mol. The zero-order valence-corrected chi connectivity index (χ0v) is 11.4. The van der Waals surface area contributed by atoms with E-state index in [0.29, 0.717) is 6.54 Å². The first kappa shape index (κ1) is 14.3. The summed E-state index contributed by atoms with van der Waals surface area (Å²) in [4.78, 5) is 0. The number of halogens is 1. The van der Waals surface area contributed by atoms with E-state index in [1.165, 1.54) is 6.07 Å². The van der Waals surface area contributed by atoms with Crippen LogP contribution in [0.1, 0.15) is 18.1 Å². The van der Waals surface area contributed by atoms with Crippen molar-refractivity contribution in [3.8, 4) is 11.5 Å². The van der Waals surface area contributed by atoms with Gasteiger partial charge in [-0.05, 0) is 41.9 Å². The Balaban J connectivity index is 1.97. The smallest absolute Gasteiger partial charge is 0.165 e. The molecule has 0 unspecified atom stereocenters. The summed E-state index contributed by atoms with van der Waals surface area (Å²) in [6.45, 7) is 3.77. The number of hydrogen-bond acceptors (Lipinski definition) is 3. The summed E-state index contributed by atoms with van der Waals surface area (Å²) in [6, 6.07) is 11.6. The third-order valence-electron chi connectivity index (χ3n) is 2.91. The summed E-state index contributed by atoms with van der Waals surface area (Å²) in [7, 11) is 0. The zero-order chi connectivity index (χ0) is 14.4. The molecular weight excluding hydrogens is 257 g/mol. The topological polar surface area (TPSA) is 41.5 Å². The molecule has 0 aliphatic carbocycles. The predicted octanol–water partition coefficient (Wildman–Crippen LogP) is 3.22. The summed E-state index contributed by atoms with van der Waals surface area (Å²) in [5.74, 6) is 0.0743. The molecule has 2 aromatic carbocycles. The van der Waals surface area contributed by atoms with Crippen LogP contribution in [0, 0.1) is 5.82 Å². The van der Waals surface area contributed by atoms with E-state index in [0.717, 1.165) is 17.7 Å². The number of aromatic hydroxyl groups is 1. The molecule has 3 nitrogen and oxygen atoms in total. The van der Waals surface area contributed by atoms with Crippen LogP contribution in [0.3, 0.4) is 0 Å². The van der Waals surface area contributed by atoms with Crippen molar-refractivity contribution < 1.29 is 14.2 Å². The Hall–Kier alpha value is -2.07. The van der Waals surface area contributed by atoms with Crippen molar-refractivity contribution in [2.24, 2.45) is 0 Å². The van der Waals surface area contributed by atoms with Crippen molar-refractivity contribution in [2.45, 2.75) is 20.1 Å². The van der Waals surface area contributed by atoms with Gasteiger partial charge in [0.15, 0.2) is 11.6 Å². The van der Waals surface area contributed by atoms with Gasteiger partial charge in [-0.1, -0.05) is 25.1 Å². The molecule has 0 saturated carbocycles. The summed E-state index contributed by atoms with van der Waals surface area (Å²) in [5, 5.41) is 12.3. The van der Waals surface area contributed by atoms with Gasteiger partial charge >= 0.3 is 0 Å². The Kier molecular flexibility index (Phi) is 4.96. The van der Waals surface area contributed by atoms with Gasteiger partial charge in [-0.15, -0.1) is 0 Å². The van der Waals surface area contributed by atoms with Crippen molar-refractivity contribution in [1.29, 1.82) is 0 Å². The molecule has 0 aliphatic rings. The van der Waals surface area contributed by atoms with E-state index in [1.54, 1.807) is 30.3 Å². The largest absolute Gasteiger partial charge is 0.508 e. The van der Waals surface area contributed by atoms with Crippen molar-refractivity contribution >= 4 is 0 Å². The van der Waals surface area contributed by atoms with Crippen molar-refractivity contribution in [3.05, 3.63) is 59.4 Å². The summed E-state index contributed by atoms with van der Waals surface area (Å²) in [6.07, 6.45) is 0. The van der Waals surface area contributed by atoms with E-state index >= 15 is 0 Å². The van der Waals surface area contributed by atoms with Gasteiger partial charge in [0.1, 0.15) is 12.4 Å². The van der Waals surface area contributed by atoms with E-state index in [2.05, 4.69) is 5.32 Å². The van der Waals surface area contributed by atoms with Crippen LogP contribution in [0.5, 0.6) is 11.5 Å². The quantitative estimate of drug-likeness (QED) is 0.850. The number of phenols is 1. The molecule has 0 spiro atoms. The molecule has 0 radical (unpaired) electrons. The number of phenolic OH excluding ortho intramolecular Hbond substituents is 1. The standard InChI is InChI=1S/C16H18FNO2/c1-2-18-10-13-5-8-16(15(17)9-13)20-11-12-3-6-14(19)7-4-12/h3-9,18-19H,2,10-11H2,1H3. The van der Waals surface area contributed by atoms with Crippen molar-refractivity contribution in [1.82, 2.24) is 5.32 Å². The van der Waals surface area contributed by atoms with Crippen LogP contribution in [-0.2, 0) is 13.2 Å². The molecule has 0 fully saturated rings. The van der Waals surface area contributed by atoms with E-state index in [1.807, 2.05) is 13.0 Å². The number of benzene rings is 2. The Labute approximate surface area is 118 Å². The lowest BCUT2D eigenvalue weighted by molar-refractivity contribution is 0.290. The van der Waals surface area contributed by atoms with Gasteiger partial charge in [0.25, 0.3) is 0 Å². The lowest BCUT2D eigenvalue weighted by Crippen LogP contribution is -2.11. The molecule has 0 aliphatic heterocycles. The number of ether oxygens (including phenoxy) is 1. The summed E-state index contributed by atoms with van der Waals surface area (Å²) >= 11 is 0. The van der Waals surface area contributed by atoms with Crippen LogP contribution in [0.25, 0.3) is 0 Å². The monoisotopic (exact) mass is 275 g/mol. The van der Waals surface area contributed by atoms with Gasteiger partial charge < -0.3 is 15.2 Å². The minimum Gasteiger partial charge on any atom is -0.508 e. The second-order valence-corrected chi connectivity index (χ2v) is 4.50. The van der Waals surface area contributed by atoms with E-state index in [-0.39, 0.29) is 23.9 Å². The molecule has 0 bridgehead atoms. The molecular formula is C16H18FNO2.